The molecular weight excluding hydrogens is 432 g/mol. The molecule has 0 amide bonds. The molecule has 0 saturated carbocycles. The summed E-state index contributed by atoms with van der Waals surface area (Å²) < 4.78 is 39.3. The maximum Gasteiger partial charge on any atom is 0.335 e. The van der Waals surface area contributed by atoms with Gasteiger partial charge in [0, 0.05) is 5.56 Å². The van der Waals surface area contributed by atoms with Crippen LogP contribution < -0.4 is 9.46 Å². The van der Waals surface area contributed by atoms with Crippen LogP contribution in [-0.2, 0) is 16.6 Å². The van der Waals surface area contributed by atoms with Gasteiger partial charge in [-0.25, -0.2) is 22.9 Å². The minimum absolute atomic E-state index is 0.0279. The highest BCUT2D eigenvalue weighted by atomic mass is 32.2. The highest BCUT2D eigenvalue weighted by molar-refractivity contribution is 7.92. The lowest BCUT2D eigenvalue weighted by Gasteiger charge is -2.07. The summed E-state index contributed by atoms with van der Waals surface area (Å²) in [4.78, 5) is 15.5. The van der Waals surface area contributed by atoms with E-state index in [1.165, 1.54) is 36.4 Å². The highest BCUT2D eigenvalue weighted by Gasteiger charge is 2.22. The molecule has 0 radical (unpaired) electrons. The van der Waals surface area contributed by atoms with Crippen LogP contribution in [0.3, 0.4) is 0 Å². The van der Waals surface area contributed by atoms with Gasteiger partial charge >= 0.3 is 5.97 Å². The van der Waals surface area contributed by atoms with Crippen LogP contribution in [0.25, 0.3) is 11.3 Å². The second-order valence-corrected chi connectivity index (χ2v) is 8.37. The maximum absolute atomic E-state index is 12.8. The van der Waals surface area contributed by atoms with Gasteiger partial charge in [-0.15, -0.1) is 0 Å². The third-order valence-corrected chi connectivity index (χ3v) is 5.81. The summed E-state index contributed by atoms with van der Waals surface area (Å²) in [6.07, 6.45) is 0. The van der Waals surface area contributed by atoms with Gasteiger partial charge in [0.1, 0.15) is 11.4 Å². The Labute approximate surface area is 184 Å². The number of rotatable bonds is 8. The van der Waals surface area contributed by atoms with Crippen molar-refractivity contribution in [3.8, 4) is 17.0 Å². The van der Waals surface area contributed by atoms with Crippen molar-refractivity contribution in [3.63, 3.8) is 0 Å². The first-order chi connectivity index (χ1) is 15.4. The fourth-order valence-electron chi connectivity index (χ4n) is 2.91. The van der Waals surface area contributed by atoms with E-state index in [0.717, 1.165) is 0 Å². The summed E-state index contributed by atoms with van der Waals surface area (Å²) in [5.74, 6) is -0.496. The molecule has 1 heterocycles. The van der Waals surface area contributed by atoms with E-state index in [1.54, 1.807) is 42.5 Å². The first-order valence-electron chi connectivity index (χ1n) is 9.51. The van der Waals surface area contributed by atoms with Gasteiger partial charge in [-0.1, -0.05) is 48.5 Å². The zero-order valence-electron chi connectivity index (χ0n) is 16.6. The molecule has 0 saturated heterocycles. The second kappa shape index (κ2) is 8.94. The van der Waals surface area contributed by atoms with Crippen LogP contribution in [0, 0.1) is 0 Å². The van der Waals surface area contributed by atoms with Crippen LogP contribution in [-0.4, -0.2) is 24.5 Å². The Kier molecular flexibility index (Phi) is 5.91. The first kappa shape index (κ1) is 21.1. The van der Waals surface area contributed by atoms with Crippen LogP contribution in [0.4, 0.5) is 5.88 Å². The molecule has 0 fully saturated rings. The van der Waals surface area contributed by atoms with E-state index in [4.69, 9.17) is 14.3 Å². The van der Waals surface area contributed by atoms with Crippen LogP contribution in [0.5, 0.6) is 5.75 Å². The van der Waals surface area contributed by atoms with Crippen LogP contribution >= 0.6 is 0 Å². The fraction of sp³-hybridized carbons (Fsp3) is 0.0435. The number of sulfonamides is 1. The molecule has 0 unspecified atom stereocenters. The number of carbonyl (C=O) groups is 1. The lowest BCUT2D eigenvalue weighted by Crippen LogP contribution is -2.12. The molecule has 4 rings (SSSR count). The van der Waals surface area contributed by atoms with Crippen molar-refractivity contribution in [2.24, 2.45) is 0 Å². The SMILES string of the molecule is O=C(O)c1ccc(OCc2nc(-c3ccccc3)c(NS(=O)(=O)c3ccccc3)o2)cc1. The van der Waals surface area contributed by atoms with Crippen molar-refractivity contribution in [1.29, 1.82) is 0 Å². The largest absolute Gasteiger partial charge is 0.484 e. The van der Waals surface area contributed by atoms with Crippen LogP contribution in [0.1, 0.15) is 16.2 Å². The van der Waals surface area contributed by atoms with E-state index in [9.17, 15) is 13.2 Å². The van der Waals surface area contributed by atoms with Crippen molar-refractivity contribution in [1.82, 2.24) is 4.98 Å². The third-order valence-electron chi connectivity index (χ3n) is 4.46. The Morgan fingerprint density at radius 1 is 0.938 bits per heavy atom. The minimum Gasteiger partial charge on any atom is -0.484 e. The van der Waals surface area contributed by atoms with Gasteiger partial charge < -0.3 is 14.3 Å². The highest BCUT2D eigenvalue weighted by Crippen LogP contribution is 2.30. The molecule has 32 heavy (non-hydrogen) atoms. The standard InChI is InChI=1S/C23H18N2O6S/c26-23(27)17-11-13-18(14-12-17)30-15-20-24-21(16-7-3-1-4-8-16)22(31-20)25-32(28,29)19-9-5-2-6-10-19/h1-14,25H,15H2,(H,26,27). The molecule has 9 heteroatoms. The normalized spacial score (nSPS) is 11.1. The van der Waals surface area contributed by atoms with Gasteiger partial charge in [-0.3, -0.25) is 0 Å². The molecule has 0 atom stereocenters. The number of aromatic nitrogens is 1. The summed E-state index contributed by atoms with van der Waals surface area (Å²) in [6.45, 7) is -0.0840. The van der Waals surface area contributed by atoms with Gasteiger partial charge in [0.15, 0.2) is 6.61 Å². The Morgan fingerprint density at radius 3 is 2.19 bits per heavy atom. The fourth-order valence-corrected chi connectivity index (χ4v) is 3.92. The van der Waals surface area contributed by atoms with E-state index in [-0.39, 0.29) is 28.8 Å². The zero-order chi connectivity index (χ0) is 22.6. The van der Waals surface area contributed by atoms with Crippen molar-refractivity contribution in [3.05, 3.63) is 96.4 Å². The summed E-state index contributed by atoms with van der Waals surface area (Å²) >= 11 is 0. The summed E-state index contributed by atoms with van der Waals surface area (Å²) in [5, 5.41) is 8.98. The van der Waals surface area contributed by atoms with E-state index in [2.05, 4.69) is 9.71 Å². The molecule has 0 aliphatic rings. The molecule has 0 aliphatic heterocycles. The number of oxazole rings is 1. The average Bonchev–Trinajstić information content (AvgIpc) is 3.21. The average molecular weight is 450 g/mol. The van der Waals surface area contributed by atoms with Gasteiger partial charge in [0.2, 0.25) is 11.8 Å². The monoisotopic (exact) mass is 450 g/mol. The number of hydrogen-bond donors (Lipinski definition) is 2. The summed E-state index contributed by atoms with van der Waals surface area (Å²) in [5.41, 5.74) is 1.13. The lowest BCUT2D eigenvalue weighted by molar-refractivity contribution is 0.0696. The van der Waals surface area contributed by atoms with E-state index in [0.29, 0.717) is 17.0 Å². The smallest absolute Gasteiger partial charge is 0.335 e. The molecule has 1 aromatic heterocycles. The third kappa shape index (κ3) is 4.79. The Bertz CT molecular complexity index is 1320. The number of aromatic carboxylic acids is 1. The number of carboxylic acid groups (broad SMARTS) is 1. The molecule has 0 aliphatic carbocycles. The van der Waals surface area contributed by atoms with Crippen molar-refractivity contribution < 1.29 is 27.5 Å². The second-order valence-electron chi connectivity index (χ2n) is 6.69. The predicted molar refractivity (Wildman–Crippen MR) is 117 cm³/mol. The number of anilines is 1. The zero-order valence-corrected chi connectivity index (χ0v) is 17.5. The van der Waals surface area contributed by atoms with Gasteiger partial charge in [0.25, 0.3) is 10.0 Å². The Hall–Kier alpha value is -4.11. The Balaban J connectivity index is 1.60. The van der Waals surface area contributed by atoms with Crippen molar-refractivity contribution >= 4 is 21.9 Å². The topological polar surface area (TPSA) is 119 Å². The molecule has 2 N–H and O–H groups in total. The lowest BCUT2D eigenvalue weighted by atomic mass is 10.2. The molecule has 3 aromatic carbocycles. The number of ether oxygens (including phenoxy) is 1. The number of nitrogens with one attached hydrogen (secondary N) is 1. The molecule has 0 spiro atoms. The number of nitrogens with zero attached hydrogens (tertiary/aromatic N) is 1. The molecule has 4 aromatic rings. The van der Waals surface area contributed by atoms with Crippen molar-refractivity contribution in [2.45, 2.75) is 11.5 Å². The number of hydrogen-bond acceptors (Lipinski definition) is 6. The van der Waals surface area contributed by atoms with Crippen molar-refractivity contribution in [2.75, 3.05) is 4.72 Å². The molecule has 8 nitrogen and oxygen atoms in total. The first-order valence-corrected chi connectivity index (χ1v) is 11.0. The predicted octanol–water partition coefficient (Wildman–Crippen LogP) is 4.42. The van der Waals surface area contributed by atoms with Crippen LogP contribution in [0.2, 0.25) is 0 Å². The number of benzene rings is 3. The van der Waals surface area contributed by atoms with E-state index in [1.807, 2.05) is 6.07 Å². The summed E-state index contributed by atoms with van der Waals surface area (Å²) in [6, 6.07) is 22.8. The quantitative estimate of drug-likeness (QED) is 0.408. The number of carboxylic acids is 1. The van der Waals surface area contributed by atoms with Gasteiger partial charge in [-0.2, -0.15) is 0 Å². The molecular formula is C23H18N2O6S. The van der Waals surface area contributed by atoms with Gasteiger partial charge in [-0.05, 0) is 36.4 Å². The van der Waals surface area contributed by atoms with Gasteiger partial charge in [0.05, 0.1) is 10.5 Å². The maximum atomic E-state index is 12.8. The molecule has 0 bridgehead atoms. The minimum atomic E-state index is -3.89. The molecule has 162 valence electrons. The van der Waals surface area contributed by atoms with Crippen LogP contribution in [0.15, 0.2) is 94.2 Å². The van der Waals surface area contributed by atoms with E-state index < -0.39 is 16.0 Å². The Morgan fingerprint density at radius 2 is 1.56 bits per heavy atom. The van der Waals surface area contributed by atoms with E-state index >= 15 is 0 Å². The summed E-state index contributed by atoms with van der Waals surface area (Å²) in [7, 11) is -3.89.